The smallest absolute Gasteiger partial charge is 0.329 e. The Morgan fingerprint density at radius 1 is 1.22 bits per heavy atom. The Morgan fingerprint density at radius 2 is 1.88 bits per heavy atom. The molecule has 0 fully saturated rings. The molecule has 0 radical (unpaired) electrons. The predicted molar refractivity (Wildman–Crippen MR) is 126 cm³/mol. The number of imidazole rings is 1. The van der Waals surface area contributed by atoms with Gasteiger partial charge in [-0.3, -0.25) is 10.1 Å². The number of aryl methyl sites for hydroxylation is 1. The molecular weight excluding hydrogens is 499 g/mol. The van der Waals surface area contributed by atoms with Gasteiger partial charge in [0, 0.05) is 43.8 Å². The highest BCUT2D eigenvalue weighted by Crippen LogP contribution is 2.40. The molecule has 172 valence electrons. The number of aromatic nitrogens is 2. The summed E-state index contributed by atoms with van der Waals surface area (Å²) >= 11 is 12.5. The Kier molecular flexibility index (Phi) is 7.99. The van der Waals surface area contributed by atoms with Crippen molar-refractivity contribution in [2.45, 2.75) is 5.25 Å². The van der Waals surface area contributed by atoms with Gasteiger partial charge >= 0.3 is 15.1 Å². The molecule has 0 saturated heterocycles. The van der Waals surface area contributed by atoms with Crippen LogP contribution in [-0.4, -0.2) is 47.7 Å². The van der Waals surface area contributed by atoms with Crippen molar-refractivity contribution in [2.24, 2.45) is 7.05 Å². The number of halogens is 2. The molecule has 0 saturated carbocycles. The van der Waals surface area contributed by atoms with Crippen LogP contribution in [0.2, 0.25) is 0 Å². The van der Waals surface area contributed by atoms with E-state index in [0.29, 0.717) is 24.8 Å². The van der Waals surface area contributed by atoms with Crippen LogP contribution in [0.1, 0.15) is 16.5 Å². The minimum Gasteiger partial charge on any atom is -0.382 e. The maximum absolute atomic E-state index is 13.3. The van der Waals surface area contributed by atoms with Gasteiger partial charge in [0.15, 0.2) is 5.25 Å². The molecule has 9 nitrogen and oxygen atoms in total. The molecule has 3 rings (SSSR count). The SMILES string of the molecule is Cn1cncc1C(c1ccsc1[N+](=O)[O-])S(=O)(=O)Oc1ccc(N(CCCl)CCCl)cc1. The van der Waals surface area contributed by atoms with Crippen LogP contribution in [-0.2, 0) is 17.2 Å². The summed E-state index contributed by atoms with van der Waals surface area (Å²) in [7, 11) is -2.76. The van der Waals surface area contributed by atoms with Crippen LogP contribution in [0, 0.1) is 10.1 Å². The molecule has 32 heavy (non-hydrogen) atoms. The van der Waals surface area contributed by atoms with Crippen LogP contribution in [0.3, 0.4) is 0 Å². The second-order valence-electron chi connectivity index (χ2n) is 6.68. The first kappa shape index (κ1) is 24.3. The van der Waals surface area contributed by atoms with Crippen molar-refractivity contribution in [1.29, 1.82) is 0 Å². The highest BCUT2D eigenvalue weighted by Gasteiger charge is 2.39. The molecule has 1 atom stereocenters. The standard InChI is InChI=1S/C19H20Cl2N4O5S2/c1-23-13-22-12-17(23)18(16-6-11-31-19(16)25(26)27)32(28,29)30-15-4-2-14(3-5-15)24(9-7-20)10-8-21/h2-6,11-13,18H,7-10H2,1H3. The first-order valence-corrected chi connectivity index (χ1v) is 12.8. The van der Waals surface area contributed by atoms with Crippen molar-refractivity contribution < 1.29 is 17.5 Å². The van der Waals surface area contributed by atoms with Gasteiger partial charge in [-0.2, -0.15) is 8.42 Å². The molecule has 2 aromatic heterocycles. The van der Waals surface area contributed by atoms with Crippen LogP contribution < -0.4 is 9.08 Å². The summed E-state index contributed by atoms with van der Waals surface area (Å²) in [5, 5.41) is 11.3. The number of thiophene rings is 1. The third kappa shape index (κ3) is 5.34. The van der Waals surface area contributed by atoms with Crippen LogP contribution in [0.4, 0.5) is 10.7 Å². The zero-order chi connectivity index (χ0) is 23.3. The van der Waals surface area contributed by atoms with Crippen molar-refractivity contribution in [2.75, 3.05) is 29.7 Å². The van der Waals surface area contributed by atoms with Gasteiger partial charge in [0.1, 0.15) is 5.75 Å². The van der Waals surface area contributed by atoms with E-state index in [0.717, 1.165) is 17.0 Å². The fourth-order valence-corrected chi connectivity index (χ4v) is 5.94. The maximum atomic E-state index is 13.3. The minimum atomic E-state index is -4.37. The maximum Gasteiger partial charge on any atom is 0.329 e. The highest BCUT2D eigenvalue weighted by atomic mass is 35.5. The fourth-order valence-electron chi connectivity index (χ4n) is 3.21. The average Bonchev–Trinajstić information content (AvgIpc) is 3.38. The number of rotatable bonds is 11. The van der Waals surface area contributed by atoms with Gasteiger partial charge in [0.2, 0.25) is 0 Å². The van der Waals surface area contributed by atoms with Gasteiger partial charge in [-0.15, -0.1) is 23.2 Å². The summed E-state index contributed by atoms with van der Waals surface area (Å²) in [6.45, 7) is 1.16. The molecule has 0 aliphatic rings. The lowest BCUT2D eigenvalue weighted by Crippen LogP contribution is -2.27. The molecule has 2 heterocycles. The van der Waals surface area contributed by atoms with Crippen molar-refractivity contribution in [3.05, 3.63) is 69.6 Å². The zero-order valence-corrected chi connectivity index (χ0v) is 20.1. The summed E-state index contributed by atoms with van der Waals surface area (Å²) in [6, 6.07) is 7.86. The summed E-state index contributed by atoms with van der Waals surface area (Å²) < 4.78 is 33.5. The van der Waals surface area contributed by atoms with Gasteiger partial charge in [0.25, 0.3) is 0 Å². The summed E-state index contributed by atoms with van der Waals surface area (Å²) in [4.78, 5) is 16.8. The second kappa shape index (κ2) is 10.5. The number of hydrogen-bond acceptors (Lipinski definition) is 8. The molecule has 1 unspecified atom stereocenters. The van der Waals surface area contributed by atoms with E-state index in [9.17, 15) is 18.5 Å². The minimum absolute atomic E-state index is 0.0237. The third-order valence-electron chi connectivity index (χ3n) is 4.66. The van der Waals surface area contributed by atoms with Crippen LogP contribution >= 0.6 is 34.5 Å². The summed E-state index contributed by atoms with van der Waals surface area (Å²) in [6.07, 6.45) is 2.78. The first-order chi connectivity index (χ1) is 15.3. The Hall–Kier alpha value is -2.34. The topological polar surface area (TPSA) is 108 Å². The Morgan fingerprint density at radius 3 is 2.41 bits per heavy atom. The average molecular weight is 519 g/mol. The molecule has 13 heteroatoms. The van der Waals surface area contributed by atoms with E-state index in [2.05, 4.69) is 4.98 Å². The van der Waals surface area contributed by atoms with Crippen LogP contribution in [0.15, 0.2) is 48.2 Å². The van der Waals surface area contributed by atoms with Crippen molar-refractivity contribution in [3.63, 3.8) is 0 Å². The van der Waals surface area contributed by atoms with Gasteiger partial charge in [-0.25, -0.2) is 4.98 Å². The van der Waals surface area contributed by atoms with E-state index >= 15 is 0 Å². The normalized spacial score (nSPS) is 12.5. The molecule has 0 aliphatic carbocycles. The molecule has 0 amide bonds. The largest absolute Gasteiger partial charge is 0.382 e. The summed E-state index contributed by atoms with van der Waals surface area (Å²) in [5.41, 5.74) is 1.09. The number of nitrogens with zero attached hydrogens (tertiary/aromatic N) is 4. The molecule has 1 aromatic carbocycles. The van der Waals surface area contributed by atoms with Gasteiger partial charge in [-0.1, -0.05) is 11.3 Å². The van der Waals surface area contributed by atoms with Crippen molar-refractivity contribution >= 4 is 55.3 Å². The lowest BCUT2D eigenvalue weighted by molar-refractivity contribution is -0.380. The quantitative estimate of drug-likeness (QED) is 0.162. The number of nitro groups is 1. The van der Waals surface area contributed by atoms with E-state index in [1.54, 1.807) is 19.2 Å². The molecule has 0 bridgehead atoms. The van der Waals surface area contributed by atoms with Crippen LogP contribution in [0.25, 0.3) is 0 Å². The Balaban J connectivity index is 1.95. The number of alkyl halides is 2. The lowest BCUT2D eigenvalue weighted by atomic mass is 10.2. The van der Waals surface area contributed by atoms with Crippen molar-refractivity contribution in [3.8, 4) is 5.75 Å². The number of hydrogen-bond donors (Lipinski definition) is 0. The number of benzene rings is 1. The van der Waals surface area contributed by atoms with E-state index in [1.807, 2.05) is 4.90 Å². The highest BCUT2D eigenvalue weighted by molar-refractivity contribution is 7.87. The summed E-state index contributed by atoms with van der Waals surface area (Å²) in [5.74, 6) is 0.903. The van der Waals surface area contributed by atoms with Gasteiger partial charge in [0.05, 0.1) is 22.5 Å². The van der Waals surface area contributed by atoms with E-state index in [4.69, 9.17) is 27.4 Å². The molecule has 0 aliphatic heterocycles. The number of anilines is 1. The van der Waals surface area contributed by atoms with E-state index < -0.39 is 20.3 Å². The van der Waals surface area contributed by atoms with E-state index in [-0.39, 0.29) is 22.0 Å². The first-order valence-electron chi connectivity index (χ1n) is 9.36. The monoisotopic (exact) mass is 518 g/mol. The Bertz CT molecular complexity index is 1160. The van der Waals surface area contributed by atoms with Gasteiger partial charge < -0.3 is 13.7 Å². The second-order valence-corrected chi connectivity index (χ2v) is 9.96. The Labute approximate surface area is 199 Å². The van der Waals surface area contributed by atoms with Crippen LogP contribution in [0.5, 0.6) is 5.75 Å². The predicted octanol–water partition coefficient (Wildman–Crippen LogP) is 4.17. The fraction of sp³-hybridized carbons (Fsp3) is 0.316. The van der Waals surface area contributed by atoms with E-state index in [1.165, 1.54) is 40.7 Å². The molecule has 0 N–H and O–H groups in total. The zero-order valence-electron chi connectivity index (χ0n) is 16.9. The third-order valence-corrected chi connectivity index (χ3v) is 7.37. The van der Waals surface area contributed by atoms with Gasteiger partial charge in [-0.05, 0) is 35.7 Å². The molecular formula is C19H20Cl2N4O5S2. The lowest BCUT2D eigenvalue weighted by Gasteiger charge is -2.23. The van der Waals surface area contributed by atoms with Crippen molar-refractivity contribution in [1.82, 2.24) is 9.55 Å². The molecule has 3 aromatic rings. The molecule has 0 spiro atoms.